The van der Waals surface area contributed by atoms with E-state index >= 15 is 0 Å². The second kappa shape index (κ2) is 7.05. The minimum Gasteiger partial charge on any atom is -0.381 e. The van der Waals surface area contributed by atoms with Crippen molar-refractivity contribution in [2.45, 2.75) is 25.8 Å². The van der Waals surface area contributed by atoms with Gasteiger partial charge in [0.2, 0.25) is 0 Å². The van der Waals surface area contributed by atoms with Gasteiger partial charge < -0.3 is 10.1 Å². The number of fused-ring (bicyclic) bond motifs is 1. The number of ether oxygens (including phenoxy) is 1. The molecule has 1 amide bonds. The number of hydrogen-bond acceptors (Lipinski definition) is 4. The van der Waals surface area contributed by atoms with Crippen LogP contribution in [-0.2, 0) is 4.74 Å². The summed E-state index contributed by atoms with van der Waals surface area (Å²) in [6, 6.07) is 7.84. The van der Waals surface area contributed by atoms with Gasteiger partial charge in [0.1, 0.15) is 0 Å². The highest BCUT2D eigenvalue weighted by molar-refractivity contribution is 6.38. The third-order valence-corrected chi connectivity index (χ3v) is 5.06. The van der Waals surface area contributed by atoms with Gasteiger partial charge in [0.05, 0.1) is 28.2 Å². The van der Waals surface area contributed by atoms with Crippen molar-refractivity contribution in [2.75, 3.05) is 18.5 Å². The maximum Gasteiger partial charge on any atom is 0.258 e. The maximum absolute atomic E-state index is 12.6. The van der Waals surface area contributed by atoms with E-state index in [0.717, 1.165) is 37.3 Å². The second-order valence-corrected chi connectivity index (χ2v) is 6.85. The average Bonchev–Trinajstić information content (AvgIpc) is 3.09. The molecular weight excluding hydrogens is 352 g/mol. The molecule has 3 heterocycles. The lowest BCUT2D eigenvalue weighted by atomic mass is 10.1. The zero-order chi connectivity index (χ0) is 18.1. The summed E-state index contributed by atoms with van der Waals surface area (Å²) in [6.07, 6.45) is 4.99. The molecule has 1 fully saturated rings. The van der Waals surface area contributed by atoms with Crippen molar-refractivity contribution in [3.63, 3.8) is 0 Å². The summed E-state index contributed by atoms with van der Waals surface area (Å²) in [5.74, 6) is -0.285. The summed E-state index contributed by atoms with van der Waals surface area (Å²) < 4.78 is 7.30. The first-order chi connectivity index (χ1) is 12.6. The van der Waals surface area contributed by atoms with Crippen LogP contribution in [0.2, 0.25) is 5.02 Å². The number of carbonyl (C=O) groups excluding carboxylic acids is 1. The van der Waals surface area contributed by atoms with Gasteiger partial charge in [0.15, 0.2) is 5.65 Å². The van der Waals surface area contributed by atoms with Crippen LogP contribution >= 0.6 is 11.6 Å². The molecule has 0 unspecified atom stereocenters. The highest BCUT2D eigenvalue weighted by Crippen LogP contribution is 2.30. The quantitative estimate of drug-likeness (QED) is 0.756. The lowest BCUT2D eigenvalue weighted by Gasteiger charge is -2.22. The van der Waals surface area contributed by atoms with Gasteiger partial charge in [-0.05, 0) is 31.9 Å². The number of pyridine rings is 1. The molecule has 26 heavy (non-hydrogen) atoms. The average molecular weight is 371 g/mol. The Balaban J connectivity index is 1.63. The molecule has 0 bridgehead atoms. The molecule has 6 nitrogen and oxygen atoms in total. The second-order valence-electron chi connectivity index (χ2n) is 6.48. The molecule has 1 N–H and O–H groups in total. The number of hydrogen-bond donors (Lipinski definition) is 1. The van der Waals surface area contributed by atoms with Crippen LogP contribution < -0.4 is 5.32 Å². The SMILES string of the molecule is Cc1ccc(NC(=O)c2cnc3c(cnn3C3CCOCC3)c2Cl)cc1. The fourth-order valence-electron chi connectivity index (χ4n) is 3.16. The molecular formula is C19H19ClN4O2. The van der Waals surface area contributed by atoms with Crippen LogP contribution in [0.25, 0.3) is 11.0 Å². The van der Waals surface area contributed by atoms with Gasteiger partial charge in [-0.15, -0.1) is 0 Å². The fourth-order valence-corrected chi connectivity index (χ4v) is 3.43. The Morgan fingerprint density at radius 3 is 2.69 bits per heavy atom. The Morgan fingerprint density at radius 2 is 1.96 bits per heavy atom. The minimum atomic E-state index is -0.285. The number of nitrogens with one attached hydrogen (secondary N) is 1. The number of rotatable bonds is 3. The van der Waals surface area contributed by atoms with Crippen LogP contribution in [-0.4, -0.2) is 33.9 Å². The van der Waals surface area contributed by atoms with Crippen LogP contribution in [0.5, 0.6) is 0 Å². The molecule has 1 aliphatic rings. The number of amides is 1. The van der Waals surface area contributed by atoms with Crippen LogP contribution in [0.4, 0.5) is 5.69 Å². The number of nitrogens with zero attached hydrogens (tertiary/aromatic N) is 3. The predicted octanol–water partition coefficient (Wildman–Crippen LogP) is 4.00. The van der Waals surface area contributed by atoms with Gasteiger partial charge in [-0.2, -0.15) is 5.10 Å². The number of halogens is 1. The van der Waals surface area contributed by atoms with Gasteiger partial charge >= 0.3 is 0 Å². The van der Waals surface area contributed by atoms with Gasteiger partial charge in [0.25, 0.3) is 5.91 Å². The molecule has 134 valence electrons. The van der Waals surface area contributed by atoms with Crippen molar-refractivity contribution in [1.82, 2.24) is 14.8 Å². The van der Waals surface area contributed by atoms with Crippen LogP contribution in [0.15, 0.2) is 36.7 Å². The first-order valence-electron chi connectivity index (χ1n) is 8.61. The van der Waals surface area contributed by atoms with Gasteiger partial charge in [0, 0.05) is 25.1 Å². The summed E-state index contributed by atoms with van der Waals surface area (Å²) in [5, 5.41) is 8.37. The van der Waals surface area contributed by atoms with Crippen molar-refractivity contribution in [3.8, 4) is 0 Å². The van der Waals surface area contributed by atoms with E-state index < -0.39 is 0 Å². The molecule has 0 atom stereocenters. The van der Waals surface area contributed by atoms with E-state index in [1.54, 1.807) is 6.20 Å². The standard InChI is InChI=1S/C19H19ClN4O2/c1-12-2-4-13(5-3-12)23-19(25)16-10-21-18-15(17(16)20)11-22-24(18)14-6-8-26-9-7-14/h2-5,10-11,14H,6-9H2,1H3,(H,23,25). The number of carbonyl (C=O) groups is 1. The Hall–Kier alpha value is -2.44. The number of anilines is 1. The van der Waals surface area contributed by atoms with E-state index in [2.05, 4.69) is 15.4 Å². The molecule has 0 spiro atoms. The van der Waals surface area contributed by atoms with E-state index in [0.29, 0.717) is 21.6 Å². The van der Waals surface area contributed by atoms with E-state index in [9.17, 15) is 4.79 Å². The third kappa shape index (κ3) is 3.18. The molecule has 1 aromatic carbocycles. The van der Waals surface area contributed by atoms with E-state index in [-0.39, 0.29) is 11.9 Å². The summed E-state index contributed by atoms with van der Waals surface area (Å²) in [7, 11) is 0. The number of benzene rings is 1. The summed E-state index contributed by atoms with van der Waals surface area (Å²) in [6.45, 7) is 3.43. The van der Waals surface area contributed by atoms with Crippen molar-refractivity contribution in [2.24, 2.45) is 0 Å². The highest BCUT2D eigenvalue weighted by Gasteiger charge is 2.22. The fraction of sp³-hybridized carbons (Fsp3) is 0.316. The predicted molar refractivity (Wildman–Crippen MR) is 101 cm³/mol. The first-order valence-corrected chi connectivity index (χ1v) is 8.99. The van der Waals surface area contributed by atoms with Crippen LogP contribution in [0, 0.1) is 6.92 Å². The molecule has 1 aliphatic heterocycles. The Labute approximate surface area is 156 Å². The Kier molecular flexibility index (Phi) is 4.61. The highest BCUT2D eigenvalue weighted by atomic mass is 35.5. The largest absolute Gasteiger partial charge is 0.381 e. The van der Waals surface area contributed by atoms with Crippen molar-refractivity contribution >= 4 is 34.2 Å². The van der Waals surface area contributed by atoms with Crippen molar-refractivity contribution in [1.29, 1.82) is 0 Å². The van der Waals surface area contributed by atoms with E-state index in [1.807, 2.05) is 35.9 Å². The summed E-state index contributed by atoms with van der Waals surface area (Å²) >= 11 is 6.50. The van der Waals surface area contributed by atoms with E-state index in [1.165, 1.54) is 6.20 Å². The molecule has 0 saturated carbocycles. The topological polar surface area (TPSA) is 69.0 Å². The van der Waals surface area contributed by atoms with Crippen molar-refractivity contribution < 1.29 is 9.53 Å². The van der Waals surface area contributed by atoms with E-state index in [4.69, 9.17) is 16.3 Å². The van der Waals surface area contributed by atoms with Crippen LogP contribution in [0.3, 0.4) is 0 Å². The lowest BCUT2D eigenvalue weighted by molar-refractivity contribution is 0.0673. The lowest BCUT2D eigenvalue weighted by Crippen LogP contribution is -2.20. The zero-order valence-corrected chi connectivity index (χ0v) is 15.2. The molecule has 0 aliphatic carbocycles. The third-order valence-electron chi connectivity index (χ3n) is 4.65. The molecule has 7 heteroatoms. The normalized spacial score (nSPS) is 15.3. The number of aromatic nitrogens is 3. The number of aryl methyl sites for hydroxylation is 1. The minimum absolute atomic E-state index is 0.247. The maximum atomic E-state index is 12.6. The Bertz CT molecular complexity index is 946. The van der Waals surface area contributed by atoms with Crippen LogP contribution in [0.1, 0.15) is 34.8 Å². The molecule has 0 radical (unpaired) electrons. The molecule has 4 rings (SSSR count). The smallest absolute Gasteiger partial charge is 0.258 e. The van der Waals surface area contributed by atoms with Gasteiger partial charge in [-0.1, -0.05) is 29.3 Å². The summed E-state index contributed by atoms with van der Waals surface area (Å²) in [5.41, 5.74) is 2.89. The molecule has 2 aromatic heterocycles. The summed E-state index contributed by atoms with van der Waals surface area (Å²) in [4.78, 5) is 17.1. The first kappa shape index (κ1) is 17.0. The monoisotopic (exact) mass is 370 g/mol. The van der Waals surface area contributed by atoms with Crippen molar-refractivity contribution in [3.05, 3.63) is 52.8 Å². The molecule has 3 aromatic rings. The Morgan fingerprint density at radius 1 is 1.23 bits per heavy atom. The zero-order valence-electron chi connectivity index (χ0n) is 14.4. The molecule has 1 saturated heterocycles. The van der Waals surface area contributed by atoms with Gasteiger partial charge in [-0.25, -0.2) is 9.67 Å². The van der Waals surface area contributed by atoms with Gasteiger partial charge in [-0.3, -0.25) is 4.79 Å².